The molecule has 5 heteroatoms. The van der Waals surface area contributed by atoms with E-state index in [1.54, 1.807) is 7.11 Å². The second-order valence-electron chi connectivity index (χ2n) is 4.94. The predicted octanol–water partition coefficient (Wildman–Crippen LogP) is 2.05. The van der Waals surface area contributed by atoms with Crippen LogP contribution in [-0.2, 0) is 9.53 Å². The summed E-state index contributed by atoms with van der Waals surface area (Å²) in [6.45, 7) is 1.55. The van der Waals surface area contributed by atoms with Gasteiger partial charge in [-0.2, -0.15) is 0 Å². The molecule has 1 aromatic rings. The van der Waals surface area contributed by atoms with E-state index in [0.717, 1.165) is 18.5 Å². The van der Waals surface area contributed by atoms with E-state index in [1.807, 2.05) is 30.3 Å². The maximum absolute atomic E-state index is 11.8. The van der Waals surface area contributed by atoms with Crippen molar-refractivity contribution in [3.63, 3.8) is 0 Å². The van der Waals surface area contributed by atoms with Crippen LogP contribution >= 0.6 is 12.4 Å². The topological polar surface area (TPSA) is 50.4 Å². The summed E-state index contributed by atoms with van der Waals surface area (Å²) in [6, 6.07) is 10.3. The number of halogens is 1. The van der Waals surface area contributed by atoms with Gasteiger partial charge in [0.25, 0.3) is 0 Å². The standard InChI is InChI=1S/C15H22N2O2.ClH/c1-19-14(12-6-3-2-4-7-12)11-17-15(18)10-13-8-5-9-16-13;/h2-4,6-7,13-14,16H,5,8-11H2,1H3,(H,17,18);1H. The molecule has 0 bridgehead atoms. The van der Waals surface area contributed by atoms with E-state index in [0.29, 0.717) is 19.0 Å². The zero-order chi connectivity index (χ0) is 13.5. The Kier molecular flexibility index (Phi) is 7.59. The minimum atomic E-state index is -0.0818. The molecular weight excluding hydrogens is 276 g/mol. The monoisotopic (exact) mass is 298 g/mol. The molecule has 2 N–H and O–H groups in total. The molecule has 1 saturated heterocycles. The molecule has 2 atom stereocenters. The van der Waals surface area contributed by atoms with Crippen LogP contribution in [0.3, 0.4) is 0 Å². The van der Waals surface area contributed by atoms with Gasteiger partial charge in [0.2, 0.25) is 5.91 Å². The Bertz CT molecular complexity index is 394. The fourth-order valence-corrected chi connectivity index (χ4v) is 2.44. The molecule has 1 amide bonds. The Hall–Kier alpha value is -1.10. The van der Waals surface area contributed by atoms with Crippen LogP contribution in [0.2, 0.25) is 0 Å². The first-order valence-electron chi connectivity index (χ1n) is 6.87. The lowest BCUT2D eigenvalue weighted by Crippen LogP contribution is -2.34. The zero-order valence-electron chi connectivity index (χ0n) is 11.8. The molecule has 20 heavy (non-hydrogen) atoms. The Morgan fingerprint density at radius 2 is 2.20 bits per heavy atom. The lowest BCUT2D eigenvalue weighted by molar-refractivity contribution is -0.122. The van der Waals surface area contributed by atoms with Gasteiger partial charge in [-0.1, -0.05) is 30.3 Å². The number of carbonyl (C=O) groups is 1. The molecule has 0 aliphatic carbocycles. The first-order chi connectivity index (χ1) is 9.29. The summed E-state index contributed by atoms with van der Waals surface area (Å²) in [5.74, 6) is 0.0948. The van der Waals surface area contributed by atoms with Crippen molar-refractivity contribution in [2.45, 2.75) is 31.4 Å². The number of hydrogen-bond donors (Lipinski definition) is 2. The van der Waals surface area contributed by atoms with Gasteiger partial charge in [-0.05, 0) is 24.9 Å². The van der Waals surface area contributed by atoms with E-state index in [-0.39, 0.29) is 24.4 Å². The van der Waals surface area contributed by atoms with Gasteiger partial charge in [0.1, 0.15) is 0 Å². The number of methoxy groups -OCH3 is 1. The number of amides is 1. The zero-order valence-corrected chi connectivity index (χ0v) is 12.6. The van der Waals surface area contributed by atoms with E-state index < -0.39 is 0 Å². The van der Waals surface area contributed by atoms with Gasteiger partial charge >= 0.3 is 0 Å². The number of nitrogens with one attached hydrogen (secondary N) is 2. The third kappa shape index (κ3) is 5.12. The Labute approximate surface area is 126 Å². The molecule has 1 aromatic carbocycles. The summed E-state index contributed by atoms with van der Waals surface area (Å²) >= 11 is 0. The van der Waals surface area contributed by atoms with E-state index >= 15 is 0 Å². The minimum absolute atomic E-state index is 0. The second-order valence-corrected chi connectivity index (χ2v) is 4.94. The van der Waals surface area contributed by atoms with E-state index in [4.69, 9.17) is 4.74 Å². The Balaban J connectivity index is 0.00000200. The number of ether oxygens (including phenoxy) is 1. The molecule has 1 heterocycles. The molecule has 0 spiro atoms. The maximum Gasteiger partial charge on any atom is 0.221 e. The summed E-state index contributed by atoms with van der Waals surface area (Å²) in [5, 5.41) is 6.28. The SMILES string of the molecule is COC(CNC(=O)CC1CCCN1)c1ccccc1.Cl. The second kappa shape index (κ2) is 8.95. The molecule has 112 valence electrons. The first-order valence-corrected chi connectivity index (χ1v) is 6.87. The van der Waals surface area contributed by atoms with Crippen molar-refractivity contribution in [2.75, 3.05) is 20.2 Å². The molecule has 4 nitrogen and oxygen atoms in total. The smallest absolute Gasteiger partial charge is 0.221 e. The van der Waals surface area contributed by atoms with E-state index in [1.165, 1.54) is 6.42 Å². The largest absolute Gasteiger partial charge is 0.375 e. The van der Waals surface area contributed by atoms with Crippen molar-refractivity contribution in [1.82, 2.24) is 10.6 Å². The van der Waals surface area contributed by atoms with Crippen LogP contribution in [0.25, 0.3) is 0 Å². The molecule has 0 radical (unpaired) electrons. The third-order valence-electron chi connectivity index (χ3n) is 3.53. The molecular formula is C15H23ClN2O2. The highest BCUT2D eigenvalue weighted by Gasteiger charge is 2.18. The summed E-state index contributed by atoms with van der Waals surface area (Å²) in [5.41, 5.74) is 1.09. The predicted molar refractivity (Wildman–Crippen MR) is 82.1 cm³/mol. The van der Waals surface area contributed by atoms with Crippen LogP contribution in [0, 0.1) is 0 Å². The van der Waals surface area contributed by atoms with Crippen molar-refractivity contribution in [3.8, 4) is 0 Å². The number of rotatable bonds is 6. The molecule has 1 aliphatic heterocycles. The van der Waals surface area contributed by atoms with Gasteiger partial charge in [0.15, 0.2) is 0 Å². The quantitative estimate of drug-likeness (QED) is 0.845. The highest BCUT2D eigenvalue weighted by atomic mass is 35.5. The number of benzene rings is 1. The molecule has 2 unspecified atom stereocenters. The molecule has 1 fully saturated rings. The summed E-state index contributed by atoms with van der Waals surface area (Å²) in [4.78, 5) is 11.8. The summed E-state index contributed by atoms with van der Waals surface area (Å²) in [6.07, 6.45) is 2.75. The Morgan fingerprint density at radius 1 is 1.45 bits per heavy atom. The van der Waals surface area contributed by atoms with Crippen LogP contribution < -0.4 is 10.6 Å². The fourth-order valence-electron chi connectivity index (χ4n) is 2.44. The highest BCUT2D eigenvalue weighted by molar-refractivity contribution is 5.85. The van der Waals surface area contributed by atoms with Crippen molar-refractivity contribution in [1.29, 1.82) is 0 Å². The van der Waals surface area contributed by atoms with Crippen molar-refractivity contribution in [2.24, 2.45) is 0 Å². The van der Waals surface area contributed by atoms with Crippen molar-refractivity contribution < 1.29 is 9.53 Å². The van der Waals surface area contributed by atoms with Gasteiger partial charge < -0.3 is 15.4 Å². The fraction of sp³-hybridized carbons (Fsp3) is 0.533. The molecule has 0 saturated carbocycles. The van der Waals surface area contributed by atoms with E-state index in [9.17, 15) is 4.79 Å². The lowest BCUT2D eigenvalue weighted by atomic mass is 10.1. The van der Waals surface area contributed by atoms with Crippen LogP contribution in [0.15, 0.2) is 30.3 Å². The maximum atomic E-state index is 11.8. The van der Waals surface area contributed by atoms with Gasteiger partial charge in [-0.25, -0.2) is 0 Å². The van der Waals surface area contributed by atoms with Gasteiger partial charge in [-0.3, -0.25) is 4.79 Å². The average molecular weight is 299 g/mol. The van der Waals surface area contributed by atoms with E-state index in [2.05, 4.69) is 10.6 Å². The van der Waals surface area contributed by atoms with Crippen LogP contribution in [0.1, 0.15) is 30.9 Å². The highest BCUT2D eigenvalue weighted by Crippen LogP contribution is 2.15. The van der Waals surface area contributed by atoms with Crippen LogP contribution in [-0.4, -0.2) is 32.1 Å². The van der Waals surface area contributed by atoms with Crippen molar-refractivity contribution in [3.05, 3.63) is 35.9 Å². The normalized spacial score (nSPS) is 19.1. The molecule has 0 aromatic heterocycles. The van der Waals surface area contributed by atoms with Crippen LogP contribution in [0.5, 0.6) is 0 Å². The van der Waals surface area contributed by atoms with Gasteiger partial charge in [0, 0.05) is 26.1 Å². The number of carbonyl (C=O) groups excluding carboxylic acids is 1. The third-order valence-corrected chi connectivity index (χ3v) is 3.53. The average Bonchev–Trinajstić information content (AvgIpc) is 2.93. The first kappa shape index (κ1) is 17.0. The number of hydrogen-bond acceptors (Lipinski definition) is 3. The lowest BCUT2D eigenvalue weighted by Gasteiger charge is -2.17. The minimum Gasteiger partial charge on any atom is -0.375 e. The van der Waals surface area contributed by atoms with Crippen LogP contribution in [0.4, 0.5) is 0 Å². The van der Waals surface area contributed by atoms with Gasteiger partial charge in [0.05, 0.1) is 6.10 Å². The van der Waals surface area contributed by atoms with Gasteiger partial charge in [-0.15, -0.1) is 12.4 Å². The van der Waals surface area contributed by atoms with Crippen molar-refractivity contribution >= 4 is 18.3 Å². The summed E-state index contributed by atoms with van der Waals surface area (Å²) in [7, 11) is 1.67. The molecule has 1 aliphatic rings. The Morgan fingerprint density at radius 3 is 2.80 bits per heavy atom. The summed E-state index contributed by atoms with van der Waals surface area (Å²) < 4.78 is 5.43. The molecule has 2 rings (SSSR count).